The highest BCUT2D eigenvalue weighted by atomic mass is 19.3. The van der Waals surface area contributed by atoms with E-state index in [0.29, 0.717) is 11.3 Å². The summed E-state index contributed by atoms with van der Waals surface area (Å²) >= 11 is 0. The molecule has 0 saturated heterocycles. The minimum Gasteiger partial charge on any atom is -0.415 e. The number of anilines is 1. The van der Waals surface area contributed by atoms with Crippen molar-refractivity contribution in [1.82, 2.24) is 20.5 Å². The van der Waals surface area contributed by atoms with Gasteiger partial charge in [-0.3, -0.25) is 9.78 Å². The number of aromatic nitrogens is 3. The lowest BCUT2D eigenvalue weighted by molar-refractivity contribution is -0.129. The van der Waals surface area contributed by atoms with Gasteiger partial charge in [-0.25, -0.2) is 8.78 Å². The summed E-state index contributed by atoms with van der Waals surface area (Å²) in [6, 6.07) is 8.52. The predicted octanol–water partition coefficient (Wildman–Crippen LogP) is 4.61. The van der Waals surface area contributed by atoms with E-state index < -0.39 is 29.7 Å². The summed E-state index contributed by atoms with van der Waals surface area (Å²) in [5.41, 5.74) is -1.40. The molecule has 1 saturated carbocycles. The fourth-order valence-electron chi connectivity index (χ4n) is 3.48. The van der Waals surface area contributed by atoms with Crippen LogP contribution in [0.5, 0.6) is 0 Å². The second-order valence-corrected chi connectivity index (χ2v) is 8.36. The van der Waals surface area contributed by atoms with Crippen molar-refractivity contribution in [2.75, 3.05) is 11.4 Å². The minimum atomic E-state index is -2.90. The molecule has 1 unspecified atom stereocenters. The molecule has 0 aliphatic heterocycles. The SMILES string of the molecule is CC(F)(CNC1CCC1)C(=O)N(Cc1ccc(-c2nnc(C(F)F)o2)cn1)c1cccc(F)c1. The number of alkyl halides is 3. The van der Waals surface area contributed by atoms with E-state index in [4.69, 9.17) is 4.42 Å². The lowest BCUT2D eigenvalue weighted by atomic mass is 9.92. The summed E-state index contributed by atoms with van der Waals surface area (Å²) in [7, 11) is 0. The van der Waals surface area contributed by atoms with Gasteiger partial charge in [0.1, 0.15) is 5.82 Å². The molecule has 1 aliphatic carbocycles. The molecule has 1 atom stereocenters. The number of carbonyl (C=O) groups is 1. The van der Waals surface area contributed by atoms with Crippen LogP contribution in [0.1, 0.15) is 44.2 Å². The summed E-state index contributed by atoms with van der Waals surface area (Å²) < 4.78 is 59.6. The molecule has 1 aromatic carbocycles. The summed E-state index contributed by atoms with van der Waals surface area (Å²) in [5, 5.41) is 9.90. The summed E-state index contributed by atoms with van der Waals surface area (Å²) in [4.78, 5) is 18.6. The van der Waals surface area contributed by atoms with Gasteiger partial charge in [0, 0.05) is 24.5 Å². The minimum absolute atomic E-state index is 0.134. The van der Waals surface area contributed by atoms with Gasteiger partial charge < -0.3 is 14.6 Å². The van der Waals surface area contributed by atoms with Gasteiger partial charge in [0.25, 0.3) is 11.8 Å². The Balaban J connectivity index is 1.54. The van der Waals surface area contributed by atoms with Gasteiger partial charge in [0.2, 0.25) is 5.89 Å². The first-order chi connectivity index (χ1) is 16.2. The molecular formula is C23H23F4N5O2. The fraction of sp³-hybridized carbons (Fsp3) is 0.391. The fourth-order valence-corrected chi connectivity index (χ4v) is 3.48. The topological polar surface area (TPSA) is 84.2 Å². The van der Waals surface area contributed by atoms with Crippen LogP contribution in [0.25, 0.3) is 11.5 Å². The second-order valence-electron chi connectivity index (χ2n) is 8.36. The van der Waals surface area contributed by atoms with Crippen LogP contribution in [0.4, 0.5) is 23.2 Å². The maximum absolute atomic E-state index is 15.4. The Labute approximate surface area is 193 Å². The van der Waals surface area contributed by atoms with Crippen LogP contribution in [0.15, 0.2) is 47.0 Å². The summed E-state index contributed by atoms with van der Waals surface area (Å²) in [6.45, 7) is 0.885. The Morgan fingerprint density at radius 1 is 1.26 bits per heavy atom. The maximum Gasteiger partial charge on any atom is 0.314 e. The number of benzene rings is 1. The van der Waals surface area contributed by atoms with Gasteiger partial charge in [-0.15, -0.1) is 10.2 Å². The van der Waals surface area contributed by atoms with E-state index in [9.17, 15) is 18.0 Å². The molecule has 11 heteroatoms. The van der Waals surface area contributed by atoms with Gasteiger partial charge in [-0.2, -0.15) is 8.78 Å². The Morgan fingerprint density at radius 3 is 2.65 bits per heavy atom. The molecule has 1 N–H and O–H groups in total. The van der Waals surface area contributed by atoms with Crippen LogP contribution in [0.2, 0.25) is 0 Å². The van der Waals surface area contributed by atoms with Gasteiger partial charge in [0.15, 0.2) is 5.67 Å². The normalized spacial score (nSPS) is 15.7. The van der Waals surface area contributed by atoms with Crippen molar-refractivity contribution in [3.63, 3.8) is 0 Å². The van der Waals surface area contributed by atoms with E-state index in [2.05, 4.69) is 20.5 Å². The number of rotatable bonds is 9. The first-order valence-corrected chi connectivity index (χ1v) is 10.8. The number of hydrogen-bond donors (Lipinski definition) is 1. The number of nitrogens with zero attached hydrogens (tertiary/aromatic N) is 4. The van der Waals surface area contributed by atoms with Crippen LogP contribution >= 0.6 is 0 Å². The molecule has 4 rings (SSSR count). The van der Waals surface area contributed by atoms with Crippen LogP contribution in [0.3, 0.4) is 0 Å². The van der Waals surface area contributed by atoms with Crippen molar-refractivity contribution in [3.05, 3.63) is 60.0 Å². The molecule has 180 valence electrons. The molecule has 0 spiro atoms. The van der Waals surface area contributed by atoms with E-state index in [0.717, 1.165) is 30.2 Å². The van der Waals surface area contributed by atoms with E-state index in [-0.39, 0.29) is 30.7 Å². The third kappa shape index (κ3) is 5.41. The number of halogens is 4. The average Bonchev–Trinajstić information content (AvgIpc) is 3.27. The molecule has 1 fully saturated rings. The highest BCUT2D eigenvalue weighted by Crippen LogP contribution is 2.27. The zero-order valence-electron chi connectivity index (χ0n) is 18.3. The Kier molecular flexibility index (Phi) is 6.92. The number of carbonyl (C=O) groups excluding carboxylic acids is 1. The van der Waals surface area contributed by atoms with Crippen molar-refractivity contribution in [1.29, 1.82) is 0 Å². The van der Waals surface area contributed by atoms with Crippen LogP contribution in [0, 0.1) is 5.82 Å². The number of hydrogen-bond acceptors (Lipinski definition) is 6. The van der Waals surface area contributed by atoms with Crippen molar-refractivity contribution < 1.29 is 26.8 Å². The van der Waals surface area contributed by atoms with Crippen molar-refractivity contribution in [3.8, 4) is 11.5 Å². The van der Waals surface area contributed by atoms with Gasteiger partial charge >= 0.3 is 6.43 Å². The largest absolute Gasteiger partial charge is 0.415 e. The van der Waals surface area contributed by atoms with E-state index in [1.807, 2.05) is 0 Å². The van der Waals surface area contributed by atoms with Crippen LogP contribution in [-0.4, -0.2) is 39.3 Å². The Bertz CT molecular complexity index is 1130. The molecule has 2 aromatic heterocycles. The molecule has 0 bridgehead atoms. The molecule has 34 heavy (non-hydrogen) atoms. The van der Waals surface area contributed by atoms with Crippen molar-refractivity contribution in [2.45, 2.75) is 50.9 Å². The van der Waals surface area contributed by atoms with E-state index >= 15 is 4.39 Å². The highest BCUT2D eigenvalue weighted by molar-refractivity contribution is 5.99. The maximum atomic E-state index is 15.4. The molecular weight excluding hydrogens is 454 g/mol. The van der Waals surface area contributed by atoms with Gasteiger partial charge in [-0.1, -0.05) is 12.5 Å². The van der Waals surface area contributed by atoms with Crippen molar-refractivity contribution in [2.24, 2.45) is 0 Å². The highest BCUT2D eigenvalue weighted by Gasteiger charge is 2.38. The lowest BCUT2D eigenvalue weighted by Gasteiger charge is -2.33. The molecule has 0 radical (unpaired) electrons. The smallest absolute Gasteiger partial charge is 0.314 e. The van der Waals surface area contributed by atoms with Gasteiger partial charge in [-0.05, 0) is 50.1 Å². The number of nitrogens with one attached hydrogen (secondary N) is 1. The third-order valence-electron chi connectivity index (χ3n) is 5.66. The zero-order chi connectivity index (χ0) is 24.3. The Hall–Kier alpha value is -3.34. The van der Waals surface area contributed by atoms with Crippen molar-refractivity contribution >= 4 is 11.6 Å². The number of pyridine rings is 1. The molecule has 1 aliphatic rings. The molecule has 2 heterocycles. The first-order valence-electron chi connectivity index (χ1n) is 10.8. The second kappa shape index (κ2) is 9.88. The first kappa shape index (κ1) is 23.8. The van der Waals surface area contributed by atoms with Gasteiger partial charge in [0.05, 0.1) is 17.8 Å². The lowest BCUT2D eigenvalue weighted by Crippen LogP contribution is -2.52. The summed E-state index contributed by atoms with van der Waals surface area (Å²) in [6.07, 6.45) is 1.37. The Morgan fingerprint density at radius 2 is 2.06 bits per heavy atom. The zero-order valence-corrected chi connectivity index (χ0v) is 18.3. The quantitative estimate of drug-likeness (QED) is 0.453. The average molecular weight is 477 g/mol. The van der Waals surface area contributed by atoms with Crippen LogP contribution in [-0.2, 0) is 11.3 Å². The third-order valence-corrected chi connectivity index (χ3v) is 5.66. The molecule has 1 amide bonds. The summed E-state index contributed by atoms with van der Waals surface area (Å²) in [5.74, 6) is -2.35. The standard InChI is InChI=1S/C23H23F4N5O2/c1-23(27,13-29-16-5-3-6-16)22(33)32(18-7-2-4-15(24)10-18)12-17-9-8-14(11-28-17)20-30-31-21(34-20)19(25)26/h2,4,7-11,16,19,29H,3,5-6,12-13H2,1H3. The van der Waals surface area contributed by atoms with E-state index in [1.165, 1.54) is 43.5 Å². The predicted molar refractivity (Wildman–Crippen MR) is 115 cm³/mol. The molecule has 3 aromatic rings. The van der Waals surface area contributed by atoms with Crippen LogP contribution < -0.4 is 10.2 Å². The monoisotopic (exact) mass is 477 g/mol. The number of amides is 1. The molecule has 7 nitrogen and oxygen atoms in total. The van der Waals surface area contributed by atoms with E-state index in [1.54, 1.807) is 0 Å².